The second-order valence-electron chi connectivity index (χ2n) is 6.51. The van der Waals surface area contributed by atoms with Gasteiger partial charge in [0.05, 0.1) is 32.0 Å². The van der Waals surface area contributed by atoms with Gasteiger partial charge in [-0.3, -0.25) is 14.2 Å². The predicted molar refractivity (Wildman–Crippen MR) is 109 cm³/mol. The lowest BCUT2D eigenvalue weighted by Gasteiger charge is -2.11. The number of rotatable bonds is 6. The third kappa shape index (κ3) is 4.21. The number of benzene rings is 1. The maximum absolute atomic E-state index is 12.3. The maximum atomic E-state index is 12.3. The van der Waals surface area contributed by atoms with Crippen LogP contribution in [0.4, 0.5) is 0 Å². The topological polar surface area (TPSA) is 109 Å². The molecule has 0 saturated heterocycles. The highest BCUT2D eigenvalue weighted by molar-refractivity contribution is 7.90. The molecule has 0 radical (unpaired) electrons. The summed E-state index contributed by atoms with van der Waals surface area (Å²) < 4.78 is 36.7. The molecule has 30 heavy (non-hydrogen) atoms. The first-order valence-electron chi connectivity index (χ1n) is 8.68. The van der Waals surface area contributed by atoms with Gasteiger partial charge in [0, 0.05) is 31.6 Å². The quantitative estimate of drug-likeness (QED) is 0.530. The average Bonchev–Trinajstić information content (AvgIpc) is 2.70. The van der Waals surface area contributed by atoms with Gasteiger partial charge >= 0.3 is 5.56 Å². The number of aromatic nitrogens is 3. The minimum Gasteiger partial charge on any atom is -0.493 e. The van der Waals surface area contributed by atoms with E-state index in [1.54, 1.807) is 18.2 Å². The number of methoxy groups -OCH3 is 2. The summed E-state index contributed by atoms with van der Waals surface area (Å²) in [5, 5.41) is -0.379. The fraction of sp³-hybridized carbons (Fsp3) is 0.250. The zero-order valence-corrected chi connectivity index (χ0v) is 17.6. The molecule has 0 atom stereocenters. The van der Waals surface area contributed by atoms with Crippen LogP contribution in [0.5, 0.6) is 11.5 Å². The smallest absolute Gasteiger partial charge is 0.303 e. The van der Waals surface area contributed by atoms with Gasteiger partial charge in [-0.25, -0.2) is 13.4 Å². The average molecular weight is 429 g/mol. The van der Waals surface area contributed by atoms with E-state index in [0.29, 0.717) is 11.5 Å². The molecular weight excluding hydrogens is 410 g/mol. The monoisotopic (exact) mass is 429 g/mol. The fourth-order valence-electron chi connectivity index (χ4n) is 2.85. The Morgan fingerprint density at radius 1 is 1.07 bits per heavy atom. The van der Waals surface area contributed by atoms with E-state index in [0.717, 1.165) is 16.4 Å². The van der Waals surface area contributed by atoms with Crippen LogP contribution >= 0.6 is 0 Å². The standard InChI is InChI=1S/C20H19N3O6S/c1-22-19(25)10-15(21-20(22)30(4,26)27)14-6-8-18(24)23(12-14)11-13-5-7-16(28-2)17(9-13)29-3/h5,7,9-10,12H,11H2,1-4H3. The van der Waals surface area contributed by atoms with Crippen molar-refractivity contribution < 1.29 is 17.9 Å². The Hall–Kier alpha value is -3.58. The Bertz CT molecular complexity index is 1330. The zero-order chi connectivity index (χ0) is 22.1. The van der Waals surface area contributed by atoms with Crippen molar-refractivity contribution in [1.82, 2.24) is 14.1 Å². The molecule has 0 spiro atoms. The SMILES string of the molecule is COc1ccc(Cn2cc(-c3cc(=O)n(C)c(S(C)(=O)=O)n3)c#cc2=O)cc1OC. The molecule has 3 aromatic rings. The van der Waals surface area contributed by atoms with Crippen LogP contribution in [-0.2, 0) is 23.4 Å². The van der Waals surface area contributed by atoms with E-state index in [1.807, 2.05) is 0 Å². The van der Waals surface area contributed by atoms with E-state index < -0.39 is 21.0 Å². The van der Waals surface area contributed by atoms with Crippen molar-refractivity contribution in [1.29, 1.82) is 0 Å². The van der Waals surface area contributed by atoms with Gasteiger partial charge < -0.3 is 14.0 Å². The van der Waals surface area contributed by atoms with Crippen molar-refractivity contribution in [2.75, 3.05) is 20.5 Å². The molecule has 0 aliphatic heterocycles. The van der Waals surface area contributed by atoms with Gasteiger partial charge in [-0.2, -0.15) is 0 Å². The maximum Gasteiger partial charge on any atom is 0.303 e. The van der Waals surface area contributed by atoms with Crippen molar-refractivity contribution in [3.63, 3.8) is 0 Å². The first kappa shape index (κ1) is 21.1. The van der Waals surface area contributed by atoms with E-state index in [9.17, 15) is 18.0 Å². The van der Waals surface area contributed by atoms with Crippen LogP contribution in [0.1, 0.15) is 5.56 Å². The largest absolute Gasteiger partial charge is 0.493 e. The first-order valence-corrected chi connectivity index (χ1v) is 10.6. The predicted octanol–water partition coefficient (Wildman–Crippen LogP) is 0.678. The molecule has 0 fully saturated rings. The zero-order valence-electron chi connectivity index (χ0n) is 16.8. The summed E-state index contributed by atoms with van der Waals surface area (Å²) in [5.74, 6) is 1.07. The Morgan fingerprint density at radius 2 is 1.77 bits per heavy atom. The molecule has 0 aliphatic carbocycles. The molecule has 0 N–H and O–H groups in total. The second-order valence-corrected chi connectivity index (χ2v) is 8.42. The molecule has 0 bridgehead atoms. The molecular formula is C20H19N3O6S. The van der Waals surface area contributed by atoms with E-state index in [-0.39, 0.29) is 23.0 Å². The van der Waals surface area contributed by atoms with E-state index in [1.165, 1.54) is 38.1 Å². The number of ether oxygens (including phenoxy) is 2. The third-order valence-electron chi connectivity index (χ3n) is 4.35. The van der Waals surface area contributed by atoms with Crippen LogP contribution in [0.3, 0.4) is 0 Å². The number of hydrogen-bond donors (Lipinski definition) is 0. The van der Waals surface area contributed by atoms with Crippen molar-refractivity contribution >= 4 is 9.84 Å². The van der Waals surface area contributed by atoms with Gasteiger partial charge in [-0.15, -0.1) is 0 Å². The van der Waals surface area contributed by atoms with Crippen LogP contribution in [0, 0.1) is 12.1 Å². The normalized spacial score (nSPS) is 11.1. The molecule has 2 heterocycles. The van der Waals surface area contributed by atoms with Crippen molar-refractivity contribution in [3.8, 4) is 22.8 Å². The van der Waals surface area contributed by atoms with Crippen molar-refractivity contribution in [2.45, 2.75) is 11.7 Å². The van der Waals surface area contributed by atoms with E-state index in [2.05, 4.69) is 17.1 Å². The number of nitrogens with zero attached hydrogens (tertiary/aromatic N) is 3. The lowest BCUT2D eigenvalue weighted by atomic mass is 10.2. The lowest BCUT2D eigenvalue weighted by molar-refractivity contribution is 0.354. The van der Waals surface area contributed by atoms with E-state index in [4.69, 9.17) is 9.47 Å². The molecule has 3 rings (SSSR count). The molecule has 9 nitrogen and oxygen atoms in total. The summed E-state index contributed by atoms with van der Waals surface area (Å²) in [4.78, 5) is 28.5. The fourth-order valence-corrected chi connectivity index (χ4v) is 3.70. The molecule has 1 aromatic carbocycles. The van der Waals surface area contributed by atoms with Crippen molar-refractivity contribution in [2.24, 2.45) is 7.05 Å². The Morgan fingerprint density at radius 3 is 2.40 bits per heavy atom. The lowest BCUT2D eigenvalue weighted by Crippen LogP contribution is -2.24. The highest BCUT2D eigenvalue weighted by Gasteiger charge is 2.17. The summed E-state index contributed by atoms with van der Waals surface area (Å²) >= 11 is 0. The second kappa shape index (κ2) is 8.04. The van der Waals surface area contributed by atoms with Gasteiger partial charge in [0.1, 0.15) is 0 Å². The summed E-state index contributed by atoms with van der Waals surface area (Å²) in [6.45, 7) is 0.182. The van der Waals surface area contributed by atoms with Gasteiger partial charge in [0.25, 0.3) is 5.56 Å². The highest BCUT2D eigenvalue weighted by atomic mass is 32.2. The highest BCUT2D eigenvalue weighted by Crippen LogP contribution is 2.27. The van der Waals surface area contributed by atoms with Gasteiger partial charge in [-0.1, -0.05) is 12.1 Å². The van der Waals surface area contributed by atoms with Crippen LogP contribution < -0.4 is 20.6 Å². The number of hydrogen-bond acceptors (Lipinski definition) is 7. The number of sulfone groups is 1. The van der Waals surface area contributed by atoms with E-state index >= 15 is 0 Å². The molecule has 0 aliphatic rings. The summed E-state index contributed by atoms with van der Waals surface area (Å²) in [6.07, 6.45) is 2.41. The molecule has 2 aromatic heterocycles. The molecule has 0 unspecified atom stereocenters. The minimum absolute atomic E-state index is 0.0795. The summed E-state index contributed by atoms with van der Waals surface area (Å²) in [7, 11) is 0.627. The summed E-state index contributed by atoms with van der Waals surface area (Å²) in [5.41, 5.74) is 0.106. The molecule has 156 valence electrons. The van der Waals surface area contributed by atoms with Crippen LogP contribution in [-0.4, -0.2) is 43.0 Å². The molecule has 10 heteroatoms. The Labute approximate surface area is 173 Å². The minimum atomic E-state index is -3.73. The van der Waals surface area contributed by atoms with Gasteiger partial charge in [0.15, 0.2) is 11.5 Å². The van der Waals surface area contributed by atoms with Crippen LogP contribution in [0.25, 0.3) is 11.3 Å². The third-order valence-corrected chi connectivity index (χ3v) is 5.38. The van der Waals surface area contributed by atoms with Crippen LogP contribution in [0.15, 0.2) is 45.2 Å². The first-order chi connectivity index (χ1) is 14.1. The van der Waals surface area contributed by atoms with Gasteiger partial charge in [0.2, 0.25) is 15.0 Å². The van der Waals surface area contributed by atoms with Crippen LogP contribution in [0.2, 0.25) is 0 Å². The molecule has 0 saturated carbocycles. The van der Waals surface area contributed by atoms with Gasteiger partial charge in [-0.05, 0) is 17.7 Å². The molecule has 0 amide bonds. The Kier molecular flexibility index (Phi) is 5.67. The summed E-state index contributed by atoms with van der Waals surface area (Å²) in [6, 6.07) is 11.5. The Balaban J connectivity index is 2.06. The van der Waals surface area contributed by atoms with Crippen molar-refractivity contribution in [3.05, 3.63) is 68.9 Å².